The molecule has 2 atom stereocenters. The smallest absolute Gasteiger partial charge is 0.344 e. The molecule has 0 radical (unpaired) electrons. The Morgan fingerprint density at radius 3 is 2.89 bits per heavy atom. The Morgan fingerprint density at radius 1 is 1.33 bits per heavy atom. The van der Waals surface area contributed by atoms with Gasteiger partial charge < -0.3 is 9.94 Å². The van der Waals surface area contributed by atoms with Crippen LogP contribution in [0.3, 0.4) is 0 Å². The number of hydroxylamine groups is 2. The van der Waals surface area contributed by atoms with Crippen molar-refractivity contribution in [3.8, 4) is 0 Å². The standard InChI is InChI=1S/C19H20N4O3S/c1-12-8-20-9-14(13(12)2)18(24)26-17-10-22(3)11-23(17,25)19-21-15-6-4-5-7-16(15)27-19/h4-9,17H,10-11H2,1-3H3. The number of aryl methyl sites for hydroxylation is 1. The first-order chi connectivity index (χ1) is 12.9. The van der Waals surface area contributed by atoms with Crippen molar-refractivity contribution >= 4 is 32.7 Å². The number of hydrogen-bond acceptors (Lipinski definition) is 7. The molecule has 1 saturated heterocycles. The van der Waals surface area contributed by atoms with Crippen LogP contribution >= 0.6 is 11.3 Å². The number of pyridine rings is 1. The van der Waals surface area contributed by atoms with E-state index in [0.29, 0.717) is 17.2 Å². The lowest BCUT2D eigenvalue weighted by Gasteiger charge is -2.38. The molecule has 0 spiro atoms. The van der Waals surface area contributed by atoms with E-state index in [9.17, 15) is 10.0 Å². The van der Waals surface area contributed by atoms with Gasteiger partial charge in [-0.05, 0) is 44.2 Å². The number of rotatable bonds is 3. The van der Waals surface area contributed by atoms with Gasteiger partial charge in [0.15, 0.2) is 0 Å². The van der Waals surface area contributed by atoms with E-state index in [4.69, 9.17) is 4.74 Å². The maximum atomic E-state index is 13.7. The number of esters is 1. The van der Waals surface area contributed by atoms with Crippen LogP contribution in [0.2, 0.25) is 0 Å². The third-order valence-electron chi connectivity index (χ3n) is 4.92. The van der Waals surface area contributed by atoms with Gasteiger partial charge in [0.05, 0.1) is 22.3 Å². The molecule has 1 aromatic carbocycles. The maximum absolute atomic E-state index is 13.7. The topological polar surface area (TPSA) is 78.4 Å². The van der Waals surface area contributed by atoms with E-state index in [-0.39, 0.29) is 6.67 Å². The number of nitrogens with zero attached hydrogens (tertiary/aromatic N) is 4. The van der Waals surface area contributed by atoms with Gasteiger partial charge in [0, 0.05) is 12.4 Å². The number of aromatic nitrogens is 2. The lowest BCUT2D eigenvalue weighted by Crippen LogP contribution is -2.50. The van der Waals surface area contributed by atoms with E-state index in [0.717, 1.165) is 21.3 Å². The first kappa shape index (κ1) is 18.0. The van der Waals surface area contributed by atoms with E-state index < -0.39 is 16.8 Å². The fourth-order valence-electron chi connectivity index (χ4n) is 3.26. The molecule has 3 heterocycles. The van der Waals surface area contributed by atoms with Crippen LogP contribution in [0.5, 0.6) is 0 Å². The minimum absolute atomic E-state index is 0.183. The SMILES string of the molecule is Cc1cncc(C(=O)OC2CN(C)C[N+]2([O-])c2nc3ccccc3s2)c1C. The van der Waals surface area contributed by atoms with Gasteiger partial charge in [-0.2, -0.15) is 4.98 Å². The Labute approximate surface area is 161 Å². The summed E-state index contributed by atoms with van der Waals surface area (Å²) in [6.45, 7) is 4.27. The summed E-state index contributed by atoms with van der Waals surface area (Å²) in [5.41, 5.74) is 2.89. The van der Waals surface area contributed by atoms with Crippen molar-refractivity contribution in [3.63, 3.8) is 0 Å². The van der Waals surface area contributed by atoms with Crippen LogP contribution in [0.15, 0.2) is 36.7 Å². The lowest BCUT2D eigenvalue weighted by atomic mass is 10.1. The quantitative estimate of drug-likeness (QED) is 0.392. The van der Waals surface area contributed by atoms with E-state index in [1.807, 2.05) is 50.1 Å². The van der Waals surface area contributed by atoms with Crippen LogP contribution in [-0.4, -0.2) is 47.3 Å². The second kappa shape index (κ2) is 6.65. The third-order valence-corrected chi connectivity index (χ3v) is 6.07. The fourth-order valence-corrected chi connectivity index (χ4v) is 4.29. The van der Waals surface area contributed by atoms with Crippen molar-refractivity contribution in [1.82, 2.24) is 19.5 Å². The third kappa shape index (κ3) is 3.10. The molecule has 1 aliphatic rings. The average molecular weight is 384 g/mol. The summed E-state index contributed by atoms with van der Waals surface area (Å²) >= 11 is 1.35. The number of carbonyl (C=O) groups excluding carboxylic acids is 1. The fraction of sp³-hybridized carbons (Fsp3) is 0.316. The normalized spacial score (nSPS) is 23.0. The van der Waals surface area contributed by atoms with E-state index >= 15 is 0 Å². The highest BCUT2D eigenvalue weighted by molar-refractivity contribution is 7.22. The number of fused-ring (bicyclic) bond motifs is 1. The highest BCUT2D eigenvalue weighted by Gasteiger charge is 2.45. The summed E-state index contributed by atoms with van der Waals surface area (Å²) in [4.78, 5) is 23.2. The highest BCUT2D eigenvalue weighted by Crippen LogP contribution is 2.37. The van der Waals surface area contributed by atoms with Crippen LogP contribution in [0.1, 0.15) is 21.5 Å². The minimum Gasteiger partial charge on any atom is -0.622 e. The zero-order valence-electron chi connectivity index (χ0n) is 15.4. The summed E-state index contributed by atoms with van der Waals surface area (Å²) in [5, 5.41) is 14.1. The molecule has 140 valence electrons. The van der Waals surface area contributed by atoms with Crippen molar-refractivity contribution in [2.24, 2.45) is 0 Å². The summed E-state index contributed by atoms with van der Waals surface area (Å²) in [6.07, 6.45) is 2.31. The number of likely N-dealkylation sites (N-methyl/N-ethyl adjacent to an activating group) is 1. The van der Waals surface area contributed by atoms with Gasteiger partial charge in [-0.1, -0.05) is 23.5 Å². The van der Waals surface area contributed by atoms with E-state index in [2.05, 4.69) is 9.97 Å². The molecule has 0 N–H and O–H groups in total. The first-order valence-electron chi connectivity index (χ1n) is 8.64. The van der Waals surface area contributed by atoms with Gasteiger partial charge in [0.2, 0.25) is 0 Å². The van der Waals surface area contributed by atoms with Gasteiger partial charge in [-0.25, -0.2) is 9.69 Å². The van der Waals surface area contributed by atoms with Crippen molar-refractivity contribution in [3.05, 3.63) is 58.6 Å². The first-order valence-corrected chi connectivity index (χ1v) is 9.46. The second-order valence-corrected chi connectivity index (χ2v) is 7.94. The molecule has 27 heavy (non-hydrogen) atoms. The Hall–Kier alpha value is -2.39. The summed E-state index contributed by atoms with van der Waals surface area (Å²) < 4.78 is 5.83. The van der Waals surface area contributed by atoms with Crippen LogP contribution < -0.4 is 4.65 Å². The Bertz CT molecular complexity index is 988. The summed E-state index contributed by atoms with van der Waals surface area (Å²) in [6, 6.07) is 7.62. The van der Waals surface area contributed by atoms with Crippen molar-refractivity contribution in [2.45, 2.75) is 20.1 Å². The number of carbonyl (C=O) groups is 1. The predicted molar refractivity (Wildman–Crippen MR) is 105 cm³/mol. The Morgan fingerprint density at radius 2 is 2.11 bits per heavy atom. The monoisotopic (exact) mass is 384 g/mol. The Balaban J connectivity index is 1.66. The molecule has 7 nitrogen and oxygen atoms in total. The molecule has 4 rings (SSSR count). The minimum atomic E-state index is -0.872. The summed E-state index contributed by atoms with van der Waals surface area (Å²) in [5.74, 6) is -0.525. The molecule has 8 heteroatoms. The number of benzene rings is 1. The molecule has 1 aliphatic heterocycles. The molecule has 2 aromatic heterocycles. The maximum Gasteiger partial charge on any atom is 0.344 e. The molecule has 0 aliphatic carbocycles. The molecule has 3 aromatic rings. The summed E-state index contributed by atoms with van der Waals surface area (Å²) in [7, 11) is 1.84. The number of quaternary nitrogens is 1. The molecule has 0 amide bonds. The molecule has 2 unspecified atom stereocenters. The van der Waals surface area contributed by atoms with Gasteiger partial charge in [0.1, 0.15) is 6.67 Å². The van der Waals surface area contributed by atoms with Crippen LogP contribution in [0.25, 0.3) is 10.2 Å². The second-order valence-electron chi connectivity index (χ2n) is 6.93. The van der Waals surface area contributed by atoms with Crippen LogP contribution in [-0.2, 0) is 4.74 Å². The predicted octanol–water partition coefficient (Wildman–Crippen LogP) is 3.20. The molecular formula is C19H20N4O3S. The van der Waals surface area contributed by atoms with Crippen LogP contribution in [0, 0.1) is 19.1 Å². The lowest BCUT2D eigenvalue weighted by molar-refractivity contribution is 0.00560. The number of ether oxygens (including phenoxy) is 1. The van der Waals surface area contributed by atoms with Crippen LogP contribution in [0.4, 0.5) is 5.13 Å². The van der Waals surface area contributed by atoms with Crippen molar-refractivity contribution < 1.29 is 9.53 Å². The van der Waals surface area contributed by atoms with Gasteiger partial charge in [-0.15, -0.1) is 0 Å². The molecule has 0 saturated carbocycles. The average Bonchev–Trinajstić information content (AvgIpc) is 3.19. The number of hydrogen-bond donors (Lipinski definition) is 0. The van der Waals surface area contributed by atoms with Gasteiger partial charge in [-0.3, -0.25) is 9.63 Å². The zero-order valence-corrected chi connectivity index (χ0v) is 16.2. The van der Waals surface area contributed by atoms with Crippen molar-refractivity contribution in [2.75, 3.05) is 20.3 Å². The Kier molecular flexibility index (Phi) is 4.43. The number of para-hydroxylation sites is 1. The van der Waals surface area contributed by atoms with E-state index in [1.165, 1.54) is 17.5 Å². The number of thiazole rings is 1. The zero-order chi connectivity index (χ0) is 19.2. The van der Waals surface area contributed by atoms with E-state index in [1.54, 1.807) is 6.20 Å². The van der Waals surface area contributed by atoms with Gasteiger partial charge in [0.25, 0.3) is 11.4 Å². The van der Waals surface area contributed by atoms with Crippen molar-refractivity contribution in [1.29, 1.82) is 0 Å². The molecule has 0 bridgehead atoms. The largest absolute Gasteiger partial charge is 0.622 e. The molecule has 1 fully saturated rings. The van der Waals surface area contributed by atoms with Gasteiger partial charge >= 0.3 is 5.97 Å². The highest BCUT2D eigenvalue weighted by atomic mass is 32.1. The molecular weight excluding hydrogens is 364 g/mol.